The van der Waals surface area contributed by atoms with Gasteiger partial charge in [-0.3, -0.25) is 14.4 Å². The third-order valence-electron chi connectivity index (χ3n) is 11.1. The fourth-order valence-corrected chi connectivity index (χ4v) is 7.41. The molecule has 0 radical (unpaired) electrons. The van der Waals surface area contributed by atoms with Crippen LogP contribution in [-0.4, -0.2) is 37.2 Å². The summed E-state index contributed by atoms with van der Waals surface area (Å²) in [6.45, 7) is 13.6. The molecule has 1 atom stereocenters. The van der Waals surface area contributed by atoms with Crippen LogP contribution in [0.2, 0.25) is 0 Å². The van der Waals surface area contributed by atoms with Crippen LogP contribution in [-0.2, 0) is 28.6 Å². The second kappa shape index (κ2) is 41.6. The summed E-state index contributed by atoms with van der Waals surface area (Å²) in [4.78, 5) is 37.7. The number of carbonyl (C=O) groups excluding carboxylic acids is 3. The maximum Gasteiger partial charge on any atom is 0.306 e. The molecule has 56 heavy (non-hydrogen) atoms. The molecular formula is C50H96O6. The molecule has 0 unspecified atom stereocenters. The molecule has 0 spiro atoms. The Morgan fingerprint density at radius 3 is 0.768 bits per heavy atom. The van der Waals surface area contributed by atoms with Crippen LogP contribution in [0, 0.1) is 17.8 Å². The first-order chi connectivity index (χ1) is 27.1. The van der Waals surface area contributed by atoms with Gasteiger partial charge in [0.05, 0.1) is 0 Å². The standard InChI is InChI=1S/C50H96O6/c1-44(2)36-30-24-18-15-13-11-9-7-8-10-12-14-16-20-27-33-39-48(51)54-42-47(56-50(53)41-35-29-23-22-26-32-38-46(5)6)43-55-49(52)40-34-28-21-17-19-25-31-37-45(3)4/h44-47H,7-43H2,1-6H3/t47-/m0/s1. The molecule has 0 bridgehead atoms. The summed E-state index contributed by atoms with van der Waals surface area (Å²) in [5.41, 5.74) is 0. The lowest BCUT2D eigenvalue weighted by atomic mass is 10.0. The van der Waals surface area contributed by atoms with Crippen molar-refractivity contribution in [2.75, 3.05) is 13.2 Å². The summed E-state index contributed by atoms with van der Waals surface area (Å²) in [5, 5.41) is 0. The average Bonchev–Trinajstić information content (AvgIpc) is 3.15. The van der Waals surface area contributed by atoms with Gasteiger partial charge in [-0.25, -0.2) is 0 Å². The van der Waals surface area contributed by atoms with Crippen molar-refractivity contribution in [3.05, 3.63) is 0 Å². The molecule has 0 saturated carbocycles. The molecule has 0 aliphatic rings. The van der Waals surface area contributed by atoms with Crippen LogP contribution in [0.25, 0.3) is 0 Å². The lowest BCUT2D eigenvalue weighted by Crippen LogP contribution is -2.30. The third kappa shape index (κ3) is 43.5. The zero-order valence-electron chi connectivity index (χ0n) is 38.4. The number of hydrogen-bond donors (Lipinski definition) is 0. The number of carbonyl (C=O) groups is 3. The fraction of sp³-hybridized carbons (Fsp3) is 0.940. The quantitative estimate of drug-likeness (QED) is 0.0348. The van der Waals surface area contributed by atoms with Gasteiger partial charge in [-0.1, -0.05) is 228 Å². The maximum atomic E-state index is 12.7. The molecule has 0 aliphatic carbocycles. The van der Waals surface area contributed by atoms with E-state index in [1.165, 1.54) is 148 Å². The van der Waals surface area contributed by atoms with Gasteiger partial charge in [-0.15, -0.1) is 0 Å². The van der Waals surface area contributed by atoms with Crippen LogP contribution in [0.3, 0.4) is 0 Å². The van der Waals surface area contributed by atoms with E-state index in [-0.39, 0.29) is 31.1 Å². The van der Waals surface area contributed by atoms with Crippen LogP contribution < -0.4 is 0 Å². The predicted molar refractivity (Wildman–Crippen MR) is 238 cm³/mol. The highest BCUT2D eigenvalue weighted by Gasteiger charge is 2.19. The number of esters is 3. The molecule has 6 heteroatoms. The van der Waals surface area contributed by atoms with E-state index in [1.54, 1.807) is 0 Å². The van der Waals surface area contributed by atoms with E-state index >= 15 is 0 Å². The Morgan fingerprint density at radius 2 is 0.518 bits per heavy atom. The van der Waals surface area contributed by atoms with Crippen LogP contribution in [0.5, 0.6) is 0 Å². The molecule has 0 aromatic rings. The maximum absolute atomic E-state index is 12.7. The molecule has 0 fully saturated rings. The van der Waals surface area contributed by atoms with Crippen molar-refractivity contribution in [1.29, 1.82) is 0 Å². The highest BCUT2D eigenvalue weighted by atomic mass is 16.6. The van der Waals surface area contributed by atoms with Gasteiger partial charge in [-0.05, 0) is 37.0 Å². The topological polar surface area (TPSA) is 78.9 Å². The van der Waals surface area contributed by atoms with E-state index in [2.05, 4.69) is 41.5 Å². The number of rotatable bonds is 43. The second-order valence-corrected chi connectivity index (χ2v) is 18.5. The Balaban J connectivity index is 4.20. The number of ether oxygens (including phenoxy) is 3. The summed E-state index contributed by atoms with van der Waals surface area (Å²) >= 11 is 0. The molecule has 0 amide bonds. The van der Waals surface area contributed by atoms with Crippen molar-refractivity contribution < 1.29 is 28.6 Å². The van der Waals surface area contributed by atoms with Crippen molar-refractivity contribution in [3.63, 3.8) is 0 Å². The van der Waals surface area contributed by atoms with E-state index in [1.807, 2.05) is 0 Å². The minimum Gasteiger partial charge on any atom is -0.462 e. The Morgan fingerprint density at radius 1 is 0.304 bits per heavy atom. The largest absolute Gasteiger partial charge is 0.462 e. The van der Waals surface area contributed by atoms with Gasteiger partial charge in [-0.2, -0.15) is 0 Å². The fourth-order valence-electron chi connectivity index (χ4n) is 7.41. The van der Waals surface area contributed by atoms with Crippen LogP contribution in [0.15, 0.2) is 0 Å². The van der Waals surface area contributed by atoms with Gasteiger partial charge in [0.15, 0.2) is 6.10 Å². The summed E-state index contributed by atoms with van der Waals surface area (Å²) < 4.78 is 16.7. The van der Waals surface area contributed by atoms with Crippen molar-refractivity contribution in [1.82, 2.24) is 0 Å². The first-order valence-corrected chi connectivity index (χ1v) is 24.6. The third-order valence-corrected chi connectivity index (χ3v) is 11.1. The molecule has 0 N–H and O–H groups in total. The van der Waals surface area contributed by atoms with Gasteiger partial charge in [0.25, 0.3) is 0 Å². The zero-order chi connectivity index (χ0) is 41.3. The lowest BCUT2D eigenvalue weighted by molar-refractivity contribution is -0.167. The molecule has 0 aromatic heterocycles. The van der Waals surface area contributed by atoms with Crippen LogP contribution in [0.4, 0.5) is 0 Å². The molecule has 0 rings (SSSR count). The Hall–Kier alpha value is -1.59. The highest BCUT2D eigenvalue weighted by molar-refractivity contribution is 5.71. The first kappa shape index (κ1) is 54.4. The molecule has 0 aromatic carbocycles. The van der Waals surface area contributed by atoms with Crippen molar-refractivity contribution in [2.45, 2.75) is 272 Å². The predicted octanol–water partition coefficient (Wildman–Crippen LogP) is 15.6. The summed E-state index contributed by atoms with van der Waals surface area (Å²) in [7, 11) is 0. The monoisotopic (exact) mass is 793 g/mol. The normalized spacial score (nSPS) is 12.2. The van der Waals surface area contributed by atoms with Gasteiger partial charge >= 0.3 is 17.9 Å². The molecule has 6 nitrogen and oxygen atoms in total. The van der Waals surface area contributed by atoms with Gasteiger partial charge in [0.2, 0.25) is 0 Å². The van der Waals surface area contributed by atoms with E-state index in [0.29, 0.717) is 19.3 Å². The second-order valence-electron chi connectivity index (χ2n) is 18.5. The van der Waals surface area contributed by atoms with Gasteiger partial charge in [0.1, 0.15) is 13.2 Å². The van der Waals surface area contributed by atoms with Crippen molar-refractivity contribution >= 4 is 17.9 Å². The van der Waals surface area contributed by atoms with E-state index < -0.39 is 6.10 Å². The van der Waals surface area contributed by atoms with Gasteiger partial charge in [0, 0.05) is 19.3 Å². The van der Waals surface area contributed by atoms with Gasteiger partial charge < -0.3 is 14.2 Å². The van der Waals surface area contributed by atoms with Crippen LogP contribution >= 0.6 is 0 Å². The van der Waals surface area contributed by atoms with Crippen molar-refractivity contribution in [3.8, 4) is 0 Å². The number of hydrogen-bond acceptors (Lipinski definition) is 6. The Kier molecular flexibility index (Phi) is 40.4. The molecular weight excluding hydrogens is 697 g/mol. The minimum atomic E-state index is -0.762. The van der Waals surface area contributed by atoms with Crippen molar-refractivity contribution in [2.24, 2.45) is 17.8 Å². The van der Waals surface area contributed by atoms with E-state index in [9.17, 15) is 14.4 Å². The Labute approximate surface area is 348 Å². The smallest absolute Gasteiger partial charge is 0.306 e. The van der Waals surface area contributed by atoms with Crippen LogP contribution in [0.1, 0.15) is 266 Å². The first-order valence-electron chi connectivity index (χ1n) is 24.6. The Bertz CT molecular complexity index is 868. The SMILES string of the molecule is CC(C)CCCCCCCCCCCCCCCCCCC(=O)OC[C@@H](COC(=O)CCCCCCCCCC(C)C)OC(=O)CCCCCCCCC(C)C. The minimum absolute atomic E-state index is 0.0665. The summed E-state index contributed by atoms with van der Waals surface area (Å²) in [5.74, 6) is 1.53. The molecule has 0 heterocycles. The summed E-state index contributed by atoms with van der Waals surface area (Å²) in [6.07, 6.45) is 39.8. The molecule has 332 valence electrons. The van der Waals surface area contributed by atoms with E-state index in [4.69, 9.17) is 14.2 Å². The molecule has 0 aliphatic heterocycles. The lowest BCUT2D eigenvalue weighted by Gasteiger charge is -2.18. The van der Waals surface area contributed by atoms with E-state index in [0.717, 1.165) is 75.5 Å². The number of unbranched alkanes of at least 4 members (excludes halogenated alkanes) is 26. The molecule has 0 saturated heterocycles. The zero-order valence-corrected chi connectivity index (χ0v) is 38.4. The summed E-state index contributed by atoms with van der Waals surface area (Å²) in [6, 6.07) is 0. The highest BCUT2D eigenvalue weighted by Crippen LogP contribution is 2.17. The average molecular weight is 793 g/mol.